The van der Waals surface area contributed by atoms with Gasteiger partial charge < -0.3 is 28.8 Å². The van der Waals surface area contributed by atoms with Crippen molar-refractivity contribution in [3.63, 3.8) is 0 Å². The standard InChI is InChI=1S/C26H32O9/c1-22(2)15-9-16(27)24(4)14(25(15)12-33-18(28)10-17(25)34-22)5-7-23(3,19(29)13-6-8-32-11-13)26(24)20(35-26)21(30)31/h6,8,11,14-15,17,19-20,29H,5,7,9-10,12H2,1-4H3,(H,30,31)/t14?,15?,17?,19-,20?,23-,24-,25?,26?/m0/s1. The Morgan fingerprint density at radius 3 is 2.49 bits per heavy atom. The summed E-state index contributed by atoms with van der Waals surface area (Å²) < 4.78 is 23.4. The van der Waals surface area contributed by atoms with Gasteiger partial charge in [-0.25, -0.2) is 4.79 Å². The van der Waals surface area contributed by atoms with Gasteiger partial charge in [0, 0.05) is 28.7 Å². The molecule has 1 aromatic rings. The third-order valence-electron chi connectivity index (χ3n) is 10.6. The first kappa shape index (κ1) is 23.2. The maximum Gasteiger partial charge on any atom is 0.335 e. The van der Waals surface area contributed by atoms with E-state index in [4.69, 9.17) is 18.6 Å². The molecule has 5 aliphatic rings. The highest BCUT2D eigenvalue weighted by Crippen LogP contribution is 2.78. The molecule has 6 unspecified atom stereocenters. The van der Waals surface area contributed by atoms with Crippen LogP contribution in [0.2, 0.25) is 0 Å². The molecule has 9 heteroatoms. The highest BCUT2D eigenvalue weighted by Gasteiger charge is 2.87. The van der Waals surface area contributed by atoms with E-state index in [1.54, 1.807) is 6.07 Å². The molecule has 0 aromatic carbocycles. The van der Waals surface area contributed by atoms with Gasteiger partial charge in [-0.1, -0.05) is 6.92 Å². The third-order valence-corrected chi connectivity index (χ3v) is 10.6. The summed E-state index contributed by atoms with van der Waals surface area (Å²) in [4.78, 5) is 38.9. The van der Waals surface area contributed by atoms with E-state index in [1.807, 2.05) is 27.7 Å². The quantitative estimate of drug-likeness (QED) is 0.486. The number of rotatable bonds is 3. The lowest BCUT2D eigenvalue weighted by molar-refractivity contribution is -0.218. The number of carboxylic acid groups (broad SMARTS) is 1. The largest absolute Gasteiger partial charge is 0.479 e. The van der Waals surface area contributed by atoms with Gasteiger partial charge in [0.15, 0.2) is 6.10 Å². The minimum absolute atomic E-state index is 0.0820. The highest BCUT2D eigenvalue weighted by atomic mass is 16.6. The van der Waals surface area contributed by atoms with Crippen LogP contribution in [0.5, 0.6) is 0 Å². The Balaban J connectivity index is 1.53. The van der Waals surface area contributed by atoms with Crippen molar-refractivity contribution in [2.75, 3.05) is 6.61 Å². The van der Waals surface area contributed by atoms with Crippen molar-refractivity contribution >= 4 is 17.7 Å². The molecule has 3 aliphatic heterocycles. The molecule has 9 nitrogen and oxygen atoms in total. The van der Waals surface area contributed by atoms with Gasteiger partial charge in [-0.15, -0.1) is 0 Å². The second-order valence-corrected chi connectivity index (χ2v) is 12.1. The minimum Gasteiger partial charge on any atom is -0.479 e. The number of cyclic esters (lactones) is 1. The zero-order valence-electron chi connectivity index (χ0n) is 20.4. The van der Waals surface area contributed by atoms with Crippen LogP contribution < -0.4 is 0 Å². The van der Waals surface area contributed by atoms with Crippen molar-refractivity contribution in [1.29, 1.82) is 0 Å². The van der Waals surface area contributed by atoms with Crippen molar-refractivity contribution in [1.82, 2.24) is 0 Å². The summed E-state index contributed by atoms with van der Waals surface area (Å²) >= 11 is 0. The average Bonchev–Trinajstić information content (AvgIpc) is 3.25. The zero-order valence-corrected chi connectivity index (χ0v) is 20.4. The number of esters is 1. The molecule has 35 heavy (non-hydrogen) atoms. The van der Waals surface area contributed by atoms with E-state index in [0.29, 0.717) is 18.4 Å². The molecule has 0 amide bonds. The molecular formula is C26H32O9. The predicted octanol–water partition coefficient (Wildman–Crippen LogP) is 2.66. The van der Waals surface area contributed by atoms with E-state index < -0.39 is 51.7 Å². The van der Waals surface area contributed by atoms with Crippen LogP contribution >= 0.6 is 0 Å². The summed E-state index contributed by atoms with van der Waals surface area (Å²) in [5.74, 6) is -2.08. The Bertz CT molecular complexity index is 1110. The Morgan fingerprint density at radius 2 is 1.86 bits per heavy atom. The molecule has 0 bridgehead atoms. The van der Waals surface area contributed by atoms with Crippen LogP contribution in [0.3, 0.4) is 0 Å². The van der Waals surface area contributed by atoms with E-state index in [1.165, 1.54) is 12.5 Å². The molecule has 1 aromatic heterocycles. The number of carbonyl (C=O) groups excluding carboxylic acids is 2. The van der Waals surface area contributed by atoms with Crippen LogP contribution in [-0.2, 0) is 28.6 Å². The fraction of sp³-hybridized carbons (Fsp3) is 0.731. The van der Waals surface area contributed by atoms with E-state index in [-0.39, 0.29) is 43.0 Å². The molecule has 2 spiro atoms. The predicted molar refractivity (Wildman–Crippen MR) is 118 cm³/mol. The molecule has 2 saturated carbocycles. The SMILES string of the molecule is CC1(C)OC2CC(=O)OCC23C1CC(=O)[C@]1(C)C3CC[C@@](C)([C@@H](O)c2ccoc2)C12OC2C(=O)O. The summed E-state index contributed by atoms with van der Waals surface area (Å²) in [7, 11) is 0. The van der Waals surface area contributed by atoms with E-state index in [0.717, 1.165) is 0 Å². The minimum atomic E-state index is -1.43. The maximum atomic E-state index is 14.2. The number of Topliss-reactive ketones (excluding diaryl/α,β-unsaturated/α-hetero) is 1. The topological polar surface area (TPSA) is 136 Å². The van der Waals surface area contributed by atoms with Gasteiger partial charge in [-0.05, 0) is 45.6 Å². The molecule has 9 atom stereocenters. The highest BCUT2D eigenvalue weighted by molar-refractivity contribution is 5.92. The van der Waals surface area contributed by atoms with Crippen LogP contribution in [0.1, 0.15) is 65.0 Å². The fourth-order valence-corrected chi connectivity index (χ4v) is 8.99. The molecule has 6 rings (SSSR count). The molecule has 190 valence electrons. The summed E-state index contributed by atoms with van der Waals surface area (Å²) in [5, 5.41) is 21.7. The average molecular weight is 489 g/mol. The number of ether oxygens (including phenoxy) is 3. The molecule has 0 radical (unpaired) electrons. The maximum absolute atomic E-state index is 14.2. The smallest absolute Gasteiger partial charge is 0.335 e. The fourth-order valence-electron chi connectivity index (χ4n) is 8.99. The van der Waals surface area contributed by atoms with Crippen molar-refractivity contribution in [2.45, 2.75) is 82.9 Å². The van der Waals surface area contributed by atoms with E-state index in [9.17, 15) is 24.6 Å². The lowest BCUT2D eigenvalue weighted by Gasteiger charge is -2.64. The van der Waals surface area contributed by atoms with Gasteiger partial charge >= 0.3 is 11.9 Å². The van der Waals surface area contributed by atoms with Crippen LogP contribution in [0, 0.1) is 28.1 Å². The number of hydrogen-bond donors (Lipinski definition) is 2. The number of carbonyl (C=O) groups is 3. The number of ketones is 1. The number of hydrogen-bond acceptors (Lipinski definition) is 8. The van der Waals surface area contributed by atoms with Crippen LogP contribution in [0.25, 0.3) is 0 Å². The van der Waals surface area contributed by atoms with E-state index >= 15 is 0 Å². The summed E-state index contributed by atoms with van der Waals surface area (Å²) in [6, 6.07) is 1.65. The number of furan rings is 1. The molecule has 5 fully saturated rings. The molecular weight excluding hydrogens is 456 g/mol. The Hall–Kier alpha value is -2.23. The first-order valence-electron chi connectivity index (χ1n) is 12.3. The zero-order chi connectivity index (χ0) is 25.2. The lowest BCUT2D eigenvalue weighted by Crippen LogP contribution is -2.71. The third kappa shape index (κ3) is 2.47. The van der Waals surface area contributed by atoms with Gasteiger partial charge in [-0.2, -0.15) is 0 Å². The van der Waals surface area contributed by atoms with Gasteiger partial charge in [0.2, 0.25) is 0 Å². The number of carboxylic acids is 1. The molecule has 3 saturated heterocycles. The van der Waals surface area contributed by atoms with Crippen molar-refractivity contribution in [2.24, 2.45) is 28.1 Å². The molecule has 2 aliphatic carbocycles. The lowest BCUT2D eigenvalue weighted by atomic mass is 9.37. The van der Waals surface area contributed by atoms with Crippen LogP contribution in [0.15, 0.2) is 23.0 Å². The van der Waals surface area contributed by atoms with Gasteiger partial charge in [0.25, 0.3) is 0 Å². The van der Waals surface area contributed by atoms with Gasteiger partial charge in [-0.3, -0.25) is 9.59 Å². The second kappa shape index (κ2) is 6.75. The number of fused-ring (bicyclic) bond motifs is 2. The number of aliphatic hydroxyl groups excluding tert-OH is 1. The summed E-state index contributed by atoms with van der Waals surface area (Å²) in [6.07, 6.45) is 1.37. The van der Waals surface area contributed by atoms with Gasteiger partial charge in [0.05, 0.1) is 42.2 Å². The van der Waals surface area contributed by atoms with E-state index in [2.05, 4.69) is 0 Å². The Morgan fingerprint density at radius 1 is 1.11 bits per heavy atom. The van der Waals surface area contributed by atoms with Gasteiger partial charge in [0.1, 0.15) is 18.0 Å². The first-order valence-corrected chi connectivity index (χ1v) is 12.3. The summed E-state index contributed by atoms with van der Waals surface area (Å²) in [6.45, 7) is 7.67. The van der Waals surface area contributed by atoms with Crippen LogP contribution in [0.4, 0.5) is 0 Å². The number of aliphatic carboxylic acids is 1. The normalized spacial score (nSPS) is 48.5. The van der Waals surface area contributed by atoms with Crippen LogP contribution in [-0.4, -0.2) is 58.0 Å². The molecule has 2 N–H and O–H groups in total. The monoisotopic (exact) mass is 488 g/mol. The van der Waals surface area contributed by atoms with Crippen molar-refractivity contribution < 1.29 is 43.2 Å². The van der Waals surface area contributed by atoms with Crippen molar-refractivity contribution in [3.05, 3.63) is 24.2 Å². The Kier molecular flexibility index (Phi) is 4.47. The first-order chi connectivity index (χ1) is 16.4. The second-order valence-electron chi connectivity index (χ2n) is 12.1. The Labute approximate surface area is 203 Å². The summed E-state index contributed by atoms with van der Waals surface area (Å²) in [5.41, 5.74) is -4.49. The number of aliphatic hydroxyl groups is 1. The van der Waals surface area contributed by atoms with Crippen molar-refractivity contribution in [3.8, 4) is 0 Å². The number of epoxide rings is 1. The molecule has 4 heterocycles.